The molecule has 0 aliphatic carbocycles. The van der Waals surface area contributed by atoms with Crippen LogP contribution in [-0.4, -0.2) is 56.4 Å². The third kappa shape index (κ3) is 8.21. The Morgan fingerprint density at radius 2 is 0.859 bits per heavy atom. The van der Waals surface area contributed by atoms with E-state index in [4.69, 9.17) is 28.4 Å². The normalized spacial score (nSPS) is 21.0. The third-order valence-electron chi connectivity index (χ3n) is 11.5. The van der Waals surface area contributed by atoms with Gasteiger partial charge in [-0.05, 0) is 24.3 Å². The smallest absolute Gasteiger partial charge is 0.339 e. The molecule has 2 fully saturated rings. The Balaban J connectivity index is 1.13. The van der Waals surface area contributed by atoms with Gasteiger partial charge in [0.15, 0.2) is 39.1 Å². The first-order valence-corrected chi connectivity index (χ1v) is 24.3. The SMILES string of the molecule is CO[C@H]1O[C@@H]2COC(c3ccccc3)O[C@H]2[C@H](OC(=O)c2ccccc2P(=O)(c2ccccc2)c2ccccc2)[C@@H]1OC(=O)c1ccccc1P(=O)(c1ccccc1)c1ccccc1. The van der Waals surface area contributed by atoms with Gasteiger partial charge in [-0.2, -0.15) is 0 Å². The van der Waals surface area contributed by atoms with Crippen molar-refractivity contribution in [1.29, 1.82) is 0 Å². The van der Waals surface area contributed by atoms with E-state index in [-0.39, 0.29) is 28.3 Å². The zero-order valence-corrected chi connectivity index (χ0v) is 36.5. The summed E-state index contributed by atoms with van der Waals surface area (Å²) in [5, 5.41) is 2.62. The van der Waals surface area contributed by atoms with Crippen LogP contribution in [0.2, 0.25) is 0 Å². The minimum absolute atomic E-state index is 0.0206. The molecule has 0 bridgehead atoms. The molecule has 1 unspecified atom stereocenters. The summed E-state index contributed by atoms with van der Waals surface area (Å²) in [6.07, 6.45) is -6.85. The Morgan fingerprint density at radius 1 is 0.484 bits per heavy atom. The Kier molecular flexibility index (Phi) is 12.7. The van der Waals surface area contributed by atoms with E-state index >= 15 is 9.13 Å². The van der Waals surface area contributed by atoms with Gasteiger partial charge >= 0.3 is 11.9 Å². The minimum atomic E-state index is -3.68. The third-order valence-corrected chi connectivity index (χ3v) is 17.7. The van der Waals surface area contributed by atoms with Crippen LogP contribution in [0.4, 0.5) is 0 Å². The van der Waals surface area contributed by atoms with Crippen molar-refractivity contribution < 1.29 is 47.1 Å². The maximum atomic E-state index is 15.7. The Hall–Kier alpha value is -6.22. The van der Waals surface area contributed by atoms with E-state index in [9.17, 15) is 9.59 Å². The highest BCUT2D eigenvalue weighted by molar-refractivity contribution is 7.86. The minimum Gasteiger partial charge on any atom is -0.452 e. The molecule has 0 radical (unpaired) electrons. The van der Waals surface area contributed by atoms with Gasteiger partial charge in [-0.1, -0.05) is 176 Å². The van der Waals surface area contributed by atoms with Gasteiger partial charge in [0.2, 0.25) is 0 Å². The summed E-state index contributed by atoms with van der Waals surface area (Å²) < 4.78 is 69.2. The Bertz CT molecular complexity index is 2720. The maximum Gasteiger partial charge on any atom is 0.339 e. The van der Waals surface area contributed by atoms with Crippen molar-refractivity contribution in [1.82, 2.24) is 0 Å². The molecular weight excluding hydrogens is 847 g/mol. The van der Waals surface area contributed by atoms with E-state index in [0.29, 0.717) is 26.8 Å². The molecule has 12 heteroatoms. The molecule has 322 valence electrons. The van der Waals surface area contributed by atoms with E-state index in [2.05, 4.69) is 0 Å². The van der Waals surface area contributed by atoms with Crippen molar-refractivity contribution >= 4 is 58.0 Å². The second kappa shape index (κ2) is 18.9. The van der Waals surface area contributed by atoms with Gasteiger partial charge in [-0.25, -0.2) is 9.59 Å². The fraction of sp³-hybridized carbons (Fsp3) is 0.154. The standard InChI is InChI=1S/C52H44O10P2/c1-57-52-48(61-50(54)42-32-18-20-34-45(42)64(56,39-27-13-5-14-28-39)40-29-15-6-16-30-40)47(46-43(59-52)35-58-51(62-46)36-21-7-2-8-22-36)60-49(53)41-31-17-19-33-44(41)63(55,37-23-9-3-10-24-37)38-25-11-4-12-26-38/h2-34,43,46-48,51-52H,35H2,1H3/t43-,46-,47+,48+,51?,52+/m1/s1. The molecule has 0 spiro atoms. The number of hydrogen-bond acceptors (Lipinski definition) is 10. The molecule has 6 atom stereocenters. The Labute approximate surface area is 371 Å². The number of hydrogen-bond donors (Lipinski definition) is 0. The van der Waals surface area contributed by atoms with Crippen LogP contribution >= 0.6 is 14.3 Å². The van der Waals surface area contributed by atoms with E-state index in [1.165, 1.54) is 7.11 Å². The predicted octanol–water partition coefficient (Wildman–Crippen LogP) is 7.20. The number of esters is 2. The zero-order valence-electron chi connectivity index (χ0n) is 34.7. The molecule has 2 heterocycles. The zero-order chi connectivity index (χ0) is 44.1. The van der Waals surface area contributed by atoms with Gasteiger partial charge in [-0.15, -0.1) is 0 Å². The van der Waals surface area contributed by atoms with Gasteiger partial charge in [0.25, 0.3) is 0 Å². The molecule has 0 aromatic heterocycles. The van der Waals surface area contributed by atoms with Crippen LogP contribution < -0.4 is 31.8 Å². The fourth-order valence-corrected chi connectivity index (χ4v) is 14.1. The molecule has 10 nitrogen and oxygen atoms in total. The highest BCUT2D eigenvalue weighted by atomic mass is 31.2. The second-order valence-corrected chi connectivity index (χ2v) is 20.8. The fourth-order valence-electron chi connectivity index (χ4n) is 8.40. The molecule has 0 saturated carbocycles. The van der Waals surface area contributed by atoms with Crippen molar-refractivity contribution in [3.63, 3.8) is 0 Å². The molecule has 0 N–H and O–H groups in total. The van der Waals surface area contributed by atoms with Crippen molar-refractivity contribution in [2.45, 2.75) is 37.0 Å². The molecule has 2 saturated heterocycles. The summed E-state index contributed by atoms with van der Waals surface area (Å²) in [5.41, 5.74) is 0.786. The summed E-state index contributed by atoms with van der Waals surface area (Å²) in [6.45, 7) is 0.0206. The lowest BCUT2D eigenvalue weighted by atomic mass is 9.97. The molecule has 2 aliphatic heterocycles. The topological polar surface area (TPSA) is 124 Å². The molecule has 7 aromatic rings. The van der Waals surface area contributed by atoms with Crippen LogP contribution in [0.5, 0.6) is 0 Å². The van der Waals surface area contributed by atoms with Gasteiger partial charge in [0.1, 0.15) is 12.2 Å². The molecule has 7 aromatic carbocycles. The lowest BCUT2D eigenvalue weighted by molar-refractivity contribution is -0.356. The van der Waals surface area contributed by atoms with Crippen LogP contribution in [0.3, 0.4) is 0 Å². The first-order valence-electron chi connectivity index (χ1n) is 20.8. The molecular formula is C52H44O10P2. The van der Waals surface area contributed by atoms with Crippen molar-refractivity contribution in [3.8, 4) is 0 Å². The number of benzene rings is 7. The summed E-state index contributed by atoms with van der Waals surface area (Å²) in [6, 6.07) is 58.5. The number of carbonyl (C=O) groups excluding carboxylic acids is 2. The van der Waals surface area contributed by atoms with Crippen molar-refractivity contribution in [2.75, 3.05) is 13.7 Å². The first kappa shape index (κ1) is 43.1. The number of carbonyl (C=O) groups is 2. The Morgan fingerprint density at radius 3 is 1.28 bits per heavy atom. The number of fused-ring (bicyclic) bond motifs is 1. The monoisotopic (exact) mass is 890 g/mol. The average Bonchev–Trinajstić information content (AvgIpc) is 3.37. The van der Waals surface area contributed by atoms with Gasteiger partial charge < -0.3 is 37.6 Å². The lowest BCUT2D eigenvalue weighted by Crippen LogP contribution is -2.64. The van der Waals surface area contributed by atoms with Crippen LogP contribution in [0.1, 0.15) is 32.6 Å². The summed E-state index contributed by atoms with van der Waals surface area (Å²) in [4.78, 5) is 29.8. The number of ether oxygens (including phenoxy) is 6. The molecule has 2 aliphatic rings. The number of methoxy groups -OCH3 is 1. The highest BCUT2D eigenvalue weighted by Crippen LogP contribution is 2.45. The van der Waals surface area contributed by atoms with Crippen molar-refractivity contribution in [3.05, 3.63) is 217 Å². The van der Waals surface area contributed by atoms with Gasteiger partial charge in [0, 0.05) is 44.5 Å². The van der Waals surface area contributed by atoms with Crippen LogP contribution in [0.25, 0.3) is 0 Å². The van der Waals surface area contributed by atoms with Crippen molar-refractivity contribution in [2.24, 2.45) is 0 Å². The second-order valence-electron chi connectivity index (χ2n) is 15.3. The van der Waals surface area contributed by atoms with Crippen LogP contribution in [0.15, 0.2) is 200 Å². The van der Waals surface area contributed by atoms with E-state index in [0.717, 1.165) is 0 Å². The first-order chi connectivity index (χ1) is 31.3. The van der Waals surface area contributed by atoms with Gasteiger partial charge in [0.05, 0.1) is 17.7 Å². The van der Waals surface area contributed by atoms with E-state index < -0.39 is 63.2 Å². The van der Waals surface area contributed by atoms with E-state index in [1.807, 2.05) is 54.6 Å². The summed E-state index contributed by atoms with van der Waals surface area (Å²) >= 11 is 0. The summed E-state index contributed by atoms with van der Waals surface area (Å²) in [7, 11) is -5.97. The van der Waals surface area contributed by atoms with Gasteiger partial charge in [-0.3, -0.25) is 0 Å². The van der Waals surface area contributed by atoms with Crippen LogP contribution in [-0.2, 0) is 37.6 Å². The lowest BCUT2D eigenvalue weighted by Gasteiger charge is -2.47. The average molecular weight is 891 g/mol. The number of rotatable bonds is 12. The quantitative estimate of drug-likeness (QED) is 0.0920. The molecule has 9 rings (SSSR count). The van der Waals surface area contributed by atoms with Crippen LogP contribution in [0, 0.1) is 0 Å². The predicted molar refractivity (Wildman–Crippen MR) is 246 cm³/mol. The largest absolute Gasteiger partial charge is 0.452 e. The molecule has 0 amide bonds. The molecule has 64 heavy (non-hydrogen) atoms. The summed E-state index contributed by atoms with van der Waals surface area (Å²) in [5.74, 6) is -1.70. The highest BCUT2D eigenvalue weighted by Gasteiger charge is 2.54. The maximum absolute atomic E-state index is 15.7. The van der Waals surface area contributed by atoms with E-state index in [1.54, 1.807) is 146 Å².